The van der Waals surface area contributed by atoms with Crippen molar-refractivity contribution in [2.75, 3.05) is 50.8 Å². The van der Waals surface area contributed by atoms with Gasteiger partial charge in [0.2, 0.25) is 5.78 Å². The fraction of sp³-hybridized carbons (Fsp3) is 0.333. The largest absolute Gasteiger partial charge is 0.494 e. The second-order valence-electron chi connectivity index (χ2n) is 13.5. The molecule has 0 saturated carbocycles. The van der Waals surface area contributed by atoms with E-state index in [1.807, 2.05) is 30.3 Å². The number of nitrogens with two attached hydrogens (primary N) is 1. The molecule has 2 N–H and O–H groups in total. The number of aryl methyl sites for hydroxylation is 2. The topological polar surface area (TPSA) is 102 Å². The molecule has 268 valence electrons. The third kappa shape index (κ3) is 8.41. The lowest BCUT2D eigenvalue weighted by Crippen LogP contribution is -2.48. The van der Waals surface area contributed by atoms with Crippen LogP contribution in [0.15, 0.2) is 95.8 Å². The number of carbonyl (C=O) groups is 1. The Bertz CT molecular complexity index is 2070. The maximum atomic E-state index is 12.6. The predicted octanol–water partition coefficient (Wildman–Crippen LogP) is 7.71. The van der Waals surface area contributed by atoms with Crippen LogP contribution in [-0.2, 0) is 6.42 Å². The van der Waals surface area contributed by atoms with Crippen molar-refractivity contribution >= 4 is 28.6 Å². The van der Waals surface area contributed by atoms with Crippen molar-refractivity contribution in [3.05, 3.63) is 118 Å². The van der Waals surface area contributed by atoms with E-state index in [1.165, 1.54) is 23.3 Å². The van der Waals surface area contributed by atoms with E-state index >= 15 is 0 Å². The first-order valence-corrected chi connectivity index (χ1v) is 19.4. The number of hydrogen-bond acceptors (Lipinski definition) is 9. The first kappa shape index (κ1) is 35.5. The molecule has 0 bridgehead atoms. The molecule has 1 aliphatic heterocycles. The Morgan fingerprint density at radius 1 is 0.865 bits per heavy atom. The van der Waals surface area contributed by atoms with Crippen LogP contribution in [-0.4, -0.2) is 76.1 Å². The molecule has 1 fully saturated rings. The van der Waals surface area contributed by atoms with E-state index in [0.717, 1.165) is 110 Å². The minimum Gasteiger partial charge on any atom is -0.494 e. The first-order valence-electron chi connectivity index (χ1n) is 18.5. The van der Waals surface area contributed by atoms with E-state index in [0.29, 0.717) is 24.4 Å². The number of benzene rings is 3. The van der Waals surface area contributed by atoms with Crippen LogP contribution in [0.3, 0.4) is 0 Å². The van der Waals surface area contributed by atoms with Gasteiger partial charge in [0.15, 0.2) is 5.65 Å². The van der Waals surface area contributed by atoms with Gasteiger partial charge in [0.05, 0.1) is 23.5 Å². The molecule has 9 nitrogen and oxygen atoms in total. The molecule has 4 heterocycles. The summed E-state index contributed by atoms with van der Waals surface area (Å²) < 4.78 is 8.03. The number of ether oxygens (including phenoxy) is 1. The summed E-state index contributed by atoms with van der Waals surface area (Å²) in [4.78, 5) is 26.9. The summed E-state index contributed by atoms with van der Waals surface area (Å²) in [5, 5.41) is 6.82. The molecule has 0 spiro atoms. The monoisotopic (exact) mass is 713 g/mol. The van der Waals surface area contributed by atoms with Crippen LogP contribution in [0.2, 0.25) is 0 Å². The van der Waals surface area contributed by atoms with E-state index in [4.69, 9.17) is 20.6 Å². The minimum atomic E-state index is -0.0714. The smallest absolute Gasteiger partial charge is 0.212 e. The molecular formula is C42H47N7O2S. The summed E-state index contributed by atoms with van der Waals surface area (Å²) in [6, 6.07) is 29.0. The summed E-state index contributed by atoms with van der Waals surface area (Å²) in [7, 11) is 0. The van der Waals surface area contributed by atoms with Gasteiger partial charge < -0.3 is 15.4 Å². The molecule has 3 aromatic carbocycles. The molecule has 10 heteroatoms. The van der Waals surface area contributed by atoms with Crippen LogP contribution in [0.4, 0.5) is 5.82 Å². The van der Waals surface area contributed by atoms with Crippen molar-refractivity contribution < 1.29 is 9.53 Å². The predicted molar refractivity (Wildman–Crippen MR) is 211 cm³/mol. The normalized spacial score (nSPS) is 13.5. The van der Waals surface area contributed by atoms with Crippen LogP contribution in [0.25, 0.3) is 28.0 Å². The molecule has 0 aliphatic carbocycles. The second-order valence-corrected chi connectivity index (χ2v) is 14.2. The van der Waals surface area contributed by atoms with E-state index in [2.05, 4.69) is 80.8 Å². The van der Waals surface area contributed by atoms with Crippen molar-refractivity contribution in [2.45, 2.75) is 45.4 Å². The molecule has 0 amide bonds. The average Bonchev–Trinajstić information content (AvgIpc) is 3.84. The molecule has 1 aliphatic rings. The molecule has 3 aromatic heterocycles. The van der Waals surface area contributed by atoms with Crippen LogP contribution in [0.1, 0.15) is 59.4 Å². The van der Waals surface area contributed by atoms with Crippen LogP contribution in [0.5, 0.6) is 5.75 Å². The molecule has 0 atom stereocenters. The Kier molecular flexibility index (Phi) is 11.7. The number of thiazole rings is 1. The number of carbonyl (C=O) groups excluding carboxylic acids is 1. The number of piperazine rings is 1. The van der Waals surface area contributed by atoms with Gasteiger partial charge in [-0.15, -0.1) is 11.3 Å². The van der Waals surface area contributed by atoms with Crippen molar-refractivity contribution in [1.82, 2.24) is 24.5 Å². The maximum Gasteiger partial charge on any atom is 0.212 e. The third-order valence-corrected chi connectivity index (χ3v) is 10.4. The van der Waals surface area contributed by atoms with E-state index < -0.39 is 0 Å². The third-order valence-electron chi connectivity index (χ3n) is 9.81. The Labute approximate surface area is 310 Å². The zero-order valence-corrected chi connectivity index (χ0v) is 30.7. The molecular weight excluding hydrogens is 667 g/mol. The Morgan fingerprint density at radius 2 is 1.65 bits per heavy atom. The number of unbranched alkanes of at least 4 members (excludes halogenated alkanes) is 4. The van der Waals surface area contributed by atoms with Gasteiger partial charge in [-0.05, 0) is 55.5 Å². The number of ketones is 1. The number of fused-ring (bicyclic) bond motifs is 1. The van der Waals surface area contributed by atoms with E-state index in [1.54, 1.807) is 10.9 Å². The van der Waals surface area contributed by atoms with Crippen molar-refractivity contribution in [1.29, 1.82) is 0 Å². The van der Waals surface area contributed by atoms with Crippen molar-refractivity contribution in [2.24, 2.45) is 5.73 Å². The fourth-order valence-electron chi connectivity index (χ4n) is 7.04. The summed E-state index contributed by atoms with van der Waals surface area (Å²) in [6.45, 7) is 8.15. The van der Waals surface area contributed by atoms with Crippen molar-refractivity contribution in [3.63, 3.8) is 0 Å². The van der Waals surface area contributed by atoms with E-state index in [-0.39, 0.29) is 5.78 Å². The zero-order valence-electron chi connectivity index (χ0n) is 29.9. The standard InChI is InChI=1S/C42H47N7O2S/c1-31-40(33-14-7-5-8-15-33)42-45-37(28-39(49(42)46-31)48-23-21-47(20-19-43)22-24-48)34-16-10-13-32(26-34)12-6-3-2-4-9-25-51-36-18-11-17-35(27-36)41(50)38-29-52-30-44-38/h5,7-8,10-11,13-18,26-30H,2-4,6,9,12,19-25,43H2,1H3. The molecule has 0 unspecified atom stereocenters. The highest BCUT2D eigenvalue weighted by molar-refractivity contribution is 7.07. The van der Waals surface area contributed by atoms with E-state index in [9.17, 15) is 4.79 Å². The summed E-state index contributed by atoms with van der Waals surface area (Å²) in [5.74, 6) is 1.74. The SMILES string of the molecule is Cc1nn2c(N3CCN(CCN)CC3)cc(-c3cccc(CCCCCCCOc4cccc(C(=O)c5cscn5)c4)c3)nc2c1-c1ccccc1. The maximum absolute atomic E-state index is 12.6. The molecule has 7 rings (SSSR count). The quantitative estimate of drug-likeness (QED) is 0.0804. The van der Waals surface area contributed by atoms with Gasteiger partial charge in [-0.25, -0.2) is 9.97 Å². The van der Waals surface area contributed by atoms with Gasteiger partial charge in [-0.3, -0.25) is 9.69 Å². The summed E-state index contributed by atoms with van der Waals surface area (Å²) in [6.07, 6.45) is 6.59. The number of anilines is 1. The highest BCUT2D eigenvalue weighted by atomic mass is 32.1. The van der Waals surface area contributed by atoms with Crippen LogP contribution in [0, 0.1) is 6.92 Å². The lowest BCUT2D eigenvalue weighted by Gasteiger charge is -2.35. The van der Waals surface area contributed by atoms with Gasteiger partial charge in [0.25, 0.3) is 0 Å². The minimum absolute atomic E-state index is 0.0714. The molecule has 52 heavy (non-hydrogen) atoms. The van der Waals surface area contributed by atoms with Gasteiger partial charge in [0.1, 0.15) is 17.3 Å². The van der Waals surface area contributed by atoms with Gasteiger partial charge in [-0.2, -0.15) is 9.61 Å². The second kappa shape index (κ2) is 17.1. The molecule has 6 aromatic rings. The van der Waals surface area contributed by atoms with Crippen LogP contribution < -0.4 is 15.4 Å². The summed E-state index contributed by atoms with van der Waals surface area (Å²) >= 11 is 1.42. The number of rotatable bonds is 16. The Morgan fingerprint density at radius 3 is 2.46 bits per heavy atom. The number of aromatic nitrogens is 4. The fourth-order valence-corrected chi connectivity index (χ4v) is 7.58. The Hall–Kier alpha value is -4.90. The van der Waals surface area contributed by atoms with Crippen LogP contribution >= 0.6 is 11.3 Å². The number of nitrogens with zero attached hydrogens (tertiary/aromatic N) is 6. The zero-order chi connectivity index (χ0) is 35.7. The van der Waals surface area contributed by atoms with Gasteiger partial charge >= 0.3 is 0 Å². The first-order chi connectivity index (χ1) is 25.6. The summed E-state index contributed by atoms with van der Waals surface area (Å²) in [5.41, 5.74) is 16.2. The van der Waals surface area contributed by atoms with Crippen molar-refractivity contribution in [3.8, 4) is 28.1 Å². The van der Waals surface area contributed by atoms with Gasteiger partial charge in [-0.1, -0.05) is 79.9 Å². The molecule has 0 radical (unpaired) electrons. The Balaban J connectivity index is 0.970. The van der Waals surface area contributed by atoms with Gasteiger partial charge in [0, 0.05) is 67.4 Å². The number of hydrogen-bond donors (Lipinski definition) is 1. The highest BCUT2D eigenvalue weighted by Gasteiger charge is 2.23. The lowest BCUT2D eigenvalue weighted by atomic mass is 10.0. The highest BCUT2D eigenvalue weighted by Crippen LogP contribution is 2.33. The average molecular weight is 714 g/mol. The molecule has 1 saturated heterocycles. The lowest BCUT2D eigenvalue weighted by molar-refractivity contribution is 0.103.